The average molecular weight is 198 g/mol. The van der Waals surface area contributed by atoms with E-state index in [-0.39, 0.29) is 6.03 Å². The van der Waals surface area contributed by atoms with Crippen LogP contribution in [0.4, 0.5) is 4.79 Å². The highest BCUT2D eigenvalue weighted by molar-refractivity contribution is 5.74. The fourth-order valence-electron chi connectivity index (χ4n) is 1.31. The Bertz CT molecular complexity index is 216. The van der Waals surface area contributed by atoms with E-state index in [1.165, 1.54) is 0 Å². The Balaban J connectivity index is 2.10. The van der Waals surface area contributed by atoms with Crippen LogP contribution in [0.25, 0.3) is 0 Å². The molecule has 1 N–H and O–H groups in total. The van der Waals surface area contributed by atoms with E-state index in [1.54, 1.807) is 4.90 Å². The summed E-state index contributed by atoms with van der Waals surface area (Å²) in [6, 6.07) is 0.0233. The number of rotatable bonds is 5. The van der Waals surface area contributed by atoms with Gasteiger partial charge in [0.25, 0.3) is 0 Å². The van der Waals surface area contributed by atoms with E-state index in [4.69, 9.17) is 4.74 Å². The minimum atomic E-state index is 0.0233. The second kappa shape index (κ2) is 5.65. The van der Waals surface area contributed by atoms with Crippen molar-refractivity contribution >= 4 is 6.03 Å². The van der Waals surface area contributed by atoms with Gasteiger partial charge in [-0.3, -0.25) is 0 Å². The van der Waals surface area contributed by atoms with Crippen LogP contribution < -0.4 is 5.32 Å². The number of amides is 2. The number of hydrogen-bond donors (Lipinski definition) is 1. The summed E-state index contributed by atoms with van der Waals surface area (Å²) in [5, 5.41) is 2.80. The van der Waals surface area contributed by atoms with Crippen LogP contribution in [0.15, 0.2) is 12.2 Å². The first kappa shape index (κ1) is 11.0. The highest BCUT2D eigenvalue weighted by atomic mass is 16.5. The molecule has 0 atom stereocenters. The molecule has 1 rings (SSSR count). The van der Waals surface area contributed by atoms with Crippen LogP contribution in [0.2, 0.25) is 0 Å². The molecule has 0 bridgehead atoms. The summed E-state index contributed by atoms with van der Waals surface area (Å²) in [5.74, 6) is 0. The number of ether oxygens (including phenoxy) is 1. The molecule has 0 aliphatic carbocycles. The van der Waals surface area contributed by atoms with Crippen LogP contribution in [0.5, 0.6) is 0 Å². The normalized spacial score (nSPS) is 16.6. The van der Waals surface area contributed by atoms with Gasteiger partial charge in [-0.05, 0) is 13.3 Å². The van der Waals surface area contributed by atoms with Crippen molar-refractivity contribution in [1.82, 2.24) is 10.2 Å². The van der Waals surface area contributed by atoms with Gasteiger partial charge >= 0.3 is 6.03 Å². The monoisotopic (exact) mass is 198 g/mol. The minimum absolute atomic E-state index is 0.0233. The van der Waals surface area contributed by atoms with E-state index in [0.29, 0.717) is 19.8 Å². The number of carbonyl (C=O) groups is 1. The molecule has 1 fully saturated rings. The molecule has 0 radical (unpaired) electrons. The summed E-state index contributed by atoms with van der Waals surface area (Å²) in [4.78, 5) is 13.0. The number of hydrogen-bond acceptors (Lipinski definition) is 2. The summed E-state index contributed by atoms with van der Waals surface area (Å²) < 4.78 is 5.32. The van der Waals surface area contributed by atoms with Crippen LogP contribution in [0.1, 0.15) is 13.3 Å². The van der Waals surface area contributed by atoms with Gasteiger partial charge in [0.05, 0.1) is 13.2 Å². The molecule has 4 nitrogen and oxygen atoms in total. The SMILES string of the molecule is C=C(C)COCCN1CCCNC1=O. The highest BCUT2D eigenvalue weighted by Crippen LogP contribution is 1.98. The lowest BCUT2D eigenvalue weighted by Crippen LogP contribution is -2.47. The molecular formula is C10H18N2O2. The van der Waals surface area contributed by atoms with Gasteiger partial charge in [-0.15, -0.1) is 0 Å². The topological polar surface area (TPSA) is 41.6 Å². The molecule has 1 heterocycles. The van der Waals surface area contributed by atoms with Crippen LogP contribution in [-0.4, -0.2) is 43.8 Å². The summed E-state index contributed by atoms with van der Waals surface area (Å²) in [7, 11) is 0. The third-order valence-corrected chi connectivity index (χ3v) is 2.02. The first-order valence-corrected chi connectivity index (χ1v) is 4.95. The quantitative estimate of drug-likeness (QED) is 0.529. The Morgan fingerprint density at radius 2 is 2.50 bits per heavy atom. The molecule has 14 heavy (non-hydrogen) atoms. The lowest BCUT2D eigenvalue weighted by molar-refractivity contribution is 0.120. The van der Waals surface area contributed by atoms with Gasteiger partial charge in [-0.25, -0.2) is 4.79 Å². The Hall–Kier alpha value is -1.03. The van der Waals surface area contributed by atoms with Gasteiger partial charge in [0.1, 0.15) is 0 Å². The third-order valence-electron chi connectivity index (χ3n) is 2.02. The first-order chi connectivity index (χ1) is 6.70. The Kier molecular flexibility index (Phi) is 4.46. The molecular weight excluding hydrogens is 180 g/mol. The predicted octanol–water partition coefficient (Wildman–Crippen LogP) is 0.994. The highest BCUT2D eigenvalue weighted by Gasteiger charge is 2.16. The molecule has 2 amide bonds. The van der Waals surface area contributed by atoms with Gasteiger partial charge < -0.3 is 15.0 Å². The molecule has 0 aromatic rings. The van der Waals surface area contributed by atoms with Crippen molar-refractivity contribution in [3.63, 3.8) is 0 Å². The smallest absolute Gasteiger partial charge is 0.317 e. The zero-order valence-corrected chi connectivity index (χ0v) is 8.71. The van der Waals surface area contributed by atoms with Gasteiger partial charge in [0, 0.05) is 19.6 Å². The second-order valence-corrected chi connectivity index (χ2v) is 3.58. The number of urea groups is 1. The van der Waals surface area contributed by atoms with Crippen molar-refractivity contribution in [2.24, 2.45) is 0 Å². The zero-order valence-electron chi connectivity index (χ0n) is 8.71. The Morgan fingerprint density at radius 1 is 1.71 bits per heavy atom. The van der Waals surface area contributed by atoms with Crippen molar-refractivity contribution in [2.75, 3.05) is 32.8 Å². The molecule has 1 saturated heterocycles. The summed E-state index contributed by atoms with van der Waals surface area (Å²) in [6.07, 6.45) is 1.02. The number of carbonyl (C=O) groups excluding carboxylic acids is 1. The van der Waals surface area contributed by atoms with Gasteiger partial charge in [0.15, 0.2) is 0 Å². The van der Waals surface area contributed by atoms with Crippen molar-refractivity contribution < 1.29 is 9.53 Å². The third kappa shape index (κ3) is 3.79. The fourth-order valence-corrected chi connectivity index (χ4v) is 1.31. The summed E-state index contributed by atoms with van der Waals surface area (Å²) in [5.41, 5.74) is 1.01. The fraction of sp³-hybridized carbons (Fsp3) is 0.700. The van der Waals surface area contributed by atoms with Crippen LogP contribution in [0.3, 0.4) is 0 Å². The minimum Gasteiger partial charge on any atom is -0.375 e. The van der Waals surface area contributed by atoms with Crippen LogP contribution >= 0.6 is 0 Å². The van der Waals surface area contributed by atoms with Crippen LogP contribution in [0, 0.1) is 0 Å². The molecule has 4 heteroatoms. The maximum atomic E-state index is 11.3. The Morgan fingerprint density at radius 3 is 3.14 bits per heavy atom. The van der Waals surface area contributed by atoms with E-state index in [0.717, 1.165) is 25.1 Å². The molecule has 0 spiro atoms. The van der Waals surface area contributed by atoms with Gasteiger partial charge in [-0.1, -0.05) is 12.2 Å². The predicted molar refractivity (Wildman–Crippen MR) is 55.2 cm³/mol. The average Bonchev–Trinajstić information content (AvgIpc) is 2.15. The standard InChI is InChI=1S/C10H18N2O2/c1-9(2)8-14-7-6-12-5-3-4-11-10(12)13/h1,3-8H2,2H3,(H,11,13). The summed E-state index contributed by atoms with van der Waals surface area (Å²) >= 11 is 0. The molecule has 0 unspecified atom stereocenters. The summed E-state index contributed by atoms with van der Waals surface area (Å²) in [6.45, 7) is 9.12. The molecule has 1 aliphatic heterocycles. The van der Waals surface area contributed by atoms with E-state index < -0.39 is 0 Å². The molecule has 0 aromatic carbocycles. The van der Waals surface area contributed by atoms with E-state index >= 15 is 0 Å². The molecule has 80 valence electrons. The molecule has 1 aliphatic rings. The van der Waals surface area contributed by atoms with Gasteiger partial charge in [-0.2, -0.15) is 0 Å². The molecule has 0 saturated carbocycles. The lowest BCUT2D eigenvalue weighted by Gasteiger charge is -2.27. The van der Waals surface area contributed by atoms with E-state index in [1.807, 2.05) is 6.92 Å². The second-order valence-electron chi connectivity index (χ2n) is 3.58. The van der Waals surface area contributed by atoms with Crippen LogP contribution in [-0.2, 0) is 4.74 Å². The molecule has 0 aromatic heterocycles. The van der Waals surface area contributed by atoms with E-state index in [2.05, 4.69) is 11.9 Å². The lowest BCUT2D eigenvalue weighted by atomic mass is 10.3. The number of nitrogens with zero attached hydrogens (tertiary/aromatic N) is 1. The van der Waals surface area contributed by atoms with Crippen molar-refractivity contribution in [1.29, 1.82) is 0 Å². The maximum absolute atomic E-state index is 11.3. The largest absolute Gasteiger partial charge is 0.375 e. The van der Waals surface area contributed by atoms with Crippen molar-refractivity contribution in [2.45, 2.75) is 13.3 Å². The van der Waals surface area contributed by atoms with Gasteiger partial charge in [0.2, 0.25) is 0 Å². The maximum Gasteiger partial charge on any atom is 0.317 e. The first-order valence-electron chi connectivity index (χ1n) is 4.95. The van der Waals surface area contributed by atoms with Crippen molar-refractivity contribution in [3.05, 3.63) is 12.2 Å². The zero-order chi connectivity index (χ0) is 10.4. The Labute approximate surface area is 84.9 Å². The van der Waals surface area contributed by atoms with E-state index in [9.17, 15) is 4.79 Å². The number of nitrogens with one attached hydrogen (secondary N) is 1. The van der Waals surface area contributed by atoms with Crippen molar-refractivity contribution in [3.8, 4) is 0 Å².